The van der Waals surface area contributed by atoms with Gasteiger partial charge in [0.1, 0.15) is 5.69 Å². The molecule has 2 N–H and O–H groups in total. The third-order valence-electron chi connectivity index (χ3n) is 3.45. The number of aromatic nitrogens is 2. The smallest absolute Gasteiger partial charge is 0.273 e. The van der Waals surface area contributed by atoms with E-state index < -0.39 is 11.7 Å². The third-order valence-corrected chi connectivity index (χ3v) is 3.45. The van der Waals surface area contributed by atoms with Crippen LogP contribution in [0.1, 0.15) is 26.4 Å². The Kier molecular flexibility index (Phi) is 3.17. The number of anilines is 1. The van der Waals surface area contributed by atoms with Gasteiger partial charge in [-0.25, -0.2) is 4.39 Å². The Labute approximate surface area is 120 Å². The van der Waals surface area contributed by atoms with Crippen molar-refractivity contribution in [3.8, 4) is 0 Å². The molecular formula is C14H13FN4O2. The average molecular weight is 288 g/mol. The van der Waals surface area contributed by atoms with Crippen LogP contribution in [0.2, 0.25) is 0 Å². The van der Waals surface area contributed by atoms with Crippen molar-refractivity contribution in [1.82, 2.24) is 15.1 Å². The average Bonchev–Trinajstić information content (AvgIpc) is 2.89. The van der Waals surface area contributed by atoms with Crippen molar-refractivity contribution in [2.24, 2.45) is 7.05 Å². The van der Waals surface area contributed by atoms with E-state index in [2.05, 4.69) is 15.7 Å². The number of hydrogen-bond donors (Lipinski definition) is 2. The van der Waals surface area contributed by atoms with Crippen molar-refractivity contribution in [3.05, 3.63) is 47.0 Å². The van der Waals surface area contributed by atoms with Gasteiger partial charge < -0.3 is 10.6 Å². The lowest BCUT2D eigenvalue weighted by molar-refractivity contribution is 0.0944. The van der Waals surface area contributed by atoms with Crippen LogP contribution in [0.3, 0.4) is 0 Å². The minimum atomic E-state index is -0.558. The molecule has 0 saturated heterocycles. The third kappa shape index (κ3) is 2.26. The second-order valence-electron chi connectivity index (χ2n) is 4.75. The van der Waals surface area contributed by atoms with Crippen LogP contribution < -0.4 is 10.6 Å². The van der Waals surface area contributed by atoms with E-state index in [1.54, 1.807) is 13.1 Å². The molecule has 0 spiro atoms. The first-order valence-corrected chi connectivity index (χ1v) is 6.47. The molecule has 0 unspecified atom stereocenters. The van der Waals surface area contributed by atoms with Gasteiger partial charge in [-0.15, -0.1) is 0 Å². The van der Waals surface area contributed by atoms with Crippen LogP contribution >= 0.6 is 0 Å². The summed E-state index contributed by atoms with van der Waals surface area (Å²) in [4.78, 5) is 23.7. The highest BCUT2D eigenvalue weighted by molar-refractivity contribution is 6.04. The summed E-state index contributed by atoms with van der Waals surface area (Å²) in [5, 5.41) is 9.05. The zero-order valence-electron chi connectivity index (χ0n) is 11.3. The van der Waals surface area contributed by atoms with Gasteiger partial charge >= 0.3 is 0 Å². The Bertz CT molecular complexity index is 739. The number of amides is 2. The molecule has 3 rings (SSSR count). The van der Waals surface area contributed by atoms with E-state index in [0.717, 1.165) is 0 Å². The van der Waals surface area contributed by atoms with Crippen LogP contribution in [0.5, 0.6) is 0 Å². The standard InChI is InChI=1S/C14H13FN4O2/c1-19-11(5-7-17-19)14(21)18-10-3-2-9-8(12(10)15)4-6-16-13(9)20/h2-3,5,7H,4,6H2,1H3,(H,16,20)(H,18,21). The molecule has 1 aliphatic rings. The maximum absolute atomic E-state index is 14.4. The molecule has 2 heterocycles. The van der Waals surface area contributed by atoms with Crippen molar-refractivity contribution in [1.29, 1.82) is 0 Å². The van der Waals surface area contributed by atoms with Crippen LogP contribution in [0.25, 0.3) is 0 Å². The van der Waals surface area contributed by atoms with Gasteiger partial charge in [0.2, 0.25) is 0 Å². The maximum Gasteiger partial charge on any atom is 0.273 e. The molecule has 0 radical (unpaired) electrons. The zero-order valence-corrected chi connectivity index (χ0v) is 11.3. The highest BCUT2D eigenvalue weighted by atomic mass is 19.1. The van der Waals surface area contributed by atoms with Crippen molar-refractivity contribution >= 4 is 17.5 Å². The number of nitrogens with zero attached hydrogens (tertiary/aromatic N) is 2. The molecular weight excluding hydrogens is 275 g/mol. The SMILES string of the molecule is Cn1nccc1C(=O)Nc1ccc2c(c1F)CCNC2=O. The van der Waals surface area contributed by atoms with Crippen LogP contribution in [0.4, 0.5) is 10.1 Å². The van der Waals surface area contributed by atoms with Crippen molar-refractivity contribution in [3.63, 3.8) is 0 Å². The van der Waals surface area contributed by atoms with Gasteiger partial charge in [-0.2, -0.15) is 5.10 Å². The highest BCUT2D eigenvalue weighted by Crippen LogP contribution is 2.24. The largest absolute Gasteiger partial charge is 0.352 e. The van der Waals surface area contributed by atoms with E-state index in [1.807, 2.05) is 0 Å². The molecule has 108 valence electrons. The normalized spacial score (nSPS) is 13.5. The number of benzene rings is 1. The van der Waals surface area contributed by atoms with Gasteiger partial charge in [-0.05, 0) is 24.6 Å². The van der Waals surface area contributed by atoms with Crippen LogP contribution in [0.15, 0.2) is 24.4 Å². The lowest BCUT2D eigenvalue weighted by atomic mass is 9.99. The number of aryl methyl sites for hydroxylation is 1. The summed E-state index contributed by atoms with van der Waals surface area (Å²) in [6.45, 7) is 0.391. The van der Waals surface area contributed by atoms with E-state index in [1.165, 1.54) is 23.0 Å². The van der Waals surface area contributed by atoms with E-state index in [-0.39, 0.29) is 11.6 Å². The Balaban J connectivity index is 1.92. The second kappa shape index (κ2) is 5.01. The molecule has 2 aromatic rings. The topological polar surface area (TPSA) is 76.0 Å². The van der Waals surface area contributed by atoms with Gasteiger partial charge in [0.05, 0.1) is 5.69 Å². The lowest BCUT2D eigenvalue weighted by Crippen LogP contribution is -2.32. The predicted octanol–water partition coefficient (Wildman–Crippen LogP) is 1.10. The Morgan fingerprint density at radius 1 is 1.43 bits per heavy atom. The van der Waals surface area contributed by atoms with E-state index >= 15 is 0 Å². The number of carbonyl (C=O) groups excluding carboxylic acids is 2. The predicted molar refractivity (Wildman–Crippen MR) is 73.6 cm³/mol. The van der Waals surface area contributed by atoms with Gasteiger partial charge in [-0.3, -0.25) is 14.3 Å². The Morgan fingerprint density at radius 2 is 2.24 bits per heavy atom. The molecule has 6 nitrogen and oxygen atoms in total. The molecule has 1 aromatic carbocycles. The fourth-order valence-electron chi connectivity index (χ4n) is 2.35. The Morgan fingerprint density at radius 3 is 2.95 bits per heavy atom. The van der Waals surface area contributed by atoms with E-state index in [0.29, 0.717) is 29.8 Å². The molecule has 1 aliphatic heterocycles. The first-order chi connectivity index (χ1) is 10.1. The summed E-state index contributed by atoms with van der Waals surface area (Å²) in [7, 11) is 1.63. The van der Waals surface area contributed by atoms with Crippen molar-refractivity contribution in [2.75, 3.05) is 11.9 Å². The van der Waals surface area contributed by atoms with Crippen LogP contribution in [-0.2, 0) is 13.5 Å². The number of nitrogens with one attached hydrogen (secondary N) is 2. The molecule has 2 amide bonds. The number of rotatable bonds is 2. The molecule has 0 aliphatic carbocycles. The van der Waals surface area contributed by atoms with Crippen LogP contribution in [0, 0.1) is 5.82 Å². The van der Waals surface area contributed by atoms with E-state index in [9.17, 15) is 14.0 Å². The summed E-state index contributed by atoms with van der Waals surface area (Å²) in [5.74, 6) is -1.30. The second-order valence-corrected chi connectivity index (χ2v) is 4.75. The summed E-state index contributed by atoms with van der Waals surface area (Å²) >= 11 is 0. The molecule has 0 bridgehead atoms. The molecule has 7 heteroatoms. The van der Waals surface area contributed by atoms with Gasteiger partial charge in [0.15, 0.2) is 5.82 Å². The summed E-state index contributed by atoms with van der Waals surface area (Å²) in [5.41, 5.74) is 1.04. The first-order valence-electron chi connectivity index (χ1n) is 6.47. The minimum Gasteiger partial charge on any atom is -0.352 e. The van der Waals surface area contributed by atoms with Crippen LogP contribution in [-0.4, -0.2) is 28.1 Å². The van der Waals surface area contributed by atoms with Crippen molar-refractivity contribution < 1.29 is 14.0 Å². The summed E-state index contributed by atoms with van der Waals surface area (Å²) < 4.78 is 15.8. The lowest BCUT2D eigenvalue weighted by Gasteiger charge is -2.18. The number of hydrogen-bond acceptors (Lipinski definition) is 3. The number of fused-ring (bicyclic) bond motifs is 1. The molecule has 0 saturated carbocycles. The summed E-state index contributed by atoms with van der Waals surface area (Å²) in [6.07, 6.45) is 1.89. The van der Waals surface area contributed by atoms with Crippen molar-refractivity contribution in [2.45, 2.75) is 6.42 Å². The summed E-state index contributed by atoms with van der Waals surface area (Å²) in [6, 6.07) is 4.46. The highest BCUT2D eigenvalue weighted by Gasteiger charge is 2.23. The quantitative estimate of drug-likeness (QED) is 0.868. The molecule has 1 aromatic heterocycles. The van der Waals surface area contributed by atoms with E-state index in [4.69, 9.17) is 0 Å². The van der Waals surface area contributed by atoms with Gasteiger partial charge in [-0.1, -0.05) is 0 Å². The fourth-order valence-corrected chi connectivity index (χ4v) is 2.35. The molecule has 21 heavy (non-hydrogen) atoms. The van der Waals surface area contributed by atoms with Gasteiger partial charge in [0.25, 0.3) is 11.8 Å². The monoisotopic (exact) mass is 288 g/mol. The molecule has 0 fully saturated rings. The van der Waals surface area contributed by atoms with Gasteiger partial charge in [0, 0.05) is 30.9 Å². The molecule has 0 atom stereocenters. The fraction of sp³-hybridized carbons (Fsp3) is 0.214. The Hall–Kier alpha value is -2.70. The maximum atomic E-state index is 14.4. The zero-order chi connectivity index (χ0) is 15.0. The minimum absolute atomic E-state index is 0.0645. The first kappa shape index (κ1) is 13.3. The number of carbonyl (C=O) groups is 2. The number of halogens is 1.